The normalized spacial score (nSPS) is 25.6. The third kappa shape index (κ3) is 2.69. The molecule has 0 aliphatic carbocycles. The first-order chi connectivity index (χ1) is 8.83. The molecule has 0 aromatic carbocycles. The largest absolute Gasteiger partial charge is 0.378 e. The molecule has 2 aliphatic rings. The zero-order valence-corrected chi connectivity index (χ0v) is 12.1. The van der Waals surface area contributed by atoms with Crippen LogP contribution in [0.25, 0.3) is 0 Å². The minimum Gasteiger partial charge on any atom is -0.378 e. The summed E-state index contributed by atoms with van der Waals surface area (Å²) in [5.41, 5.74) is 1.23. The highest BCUT2D eigenvalue weighted by Gasteiger charge is 2.29. The molecule has 1 atom stereocenters. The second-order valence-electron chi connectivity index (χ2n) is 5.24. The number of piperidine rings is 1. The van der Waals surface area contributed by atoms with Crippen molar-refractivity contribution in [2.45, 2.75) is 31.8 Å². The van der Waals surface area contributed by atoms with Gasteiger partial charge in [-0.25, -0.2) is 0 Å². The van der Waals surface area contributed by atoms with Crippen molar-refractivity contribution < 1.29 is 4.74 Å². The fourth-order valence-electron chi connectivity index (χ4n) is 3.08. The number of hydrogen-bond acceptors (Lipinski definition) is 3. The Kier molecular flexibility index (Phi) is 3.85. The molecule has 1 unspecified atom stereocenters. The van der Waals surface area contributed by atoms with Crippen LogP contribution in [0.4, 0.5) is 5.69 Å². The lowest BCUT2D eigenvalue weighted by molar-refractivity contribution is 0.0531. The van der Waals surface area contributed by atoms with Gasteiger partial charge in [0.1, 0.15) is 0 Å². The summed E-state index contributed by atoms with van der Waals surface area (Å²) in [5.74, 6) is 0.767. The number of ether oxygens (including phenoxy) is 1. The van der Waals surface area contributed by atoms with Crippen LogP contribution in [0.15, 0.2) is 22.9 Å². The van der Waals surface area contributed by atoms with Gasteiger partial charge < -0.3 is 9.64 Å². The van der Waals surface area contributed by atoms with Crippen molar-refractivity contribution in [3.8, 4) is 0 Å². The lowest BCUT2D eigenvalue weighted by atomic mass is 9.89. The van der Waals surface area contributed by atoms with Gasteiger partial charge in [-0.05, 0) is 53.6 Å². The van der Waals surface area contributed by atoms with Crippen LogP contribution in [0.1, 0.15) is 25.7 Å². The molecule has 98 valence electrons. The molecule has 3 nitrogen and oxygen atoms in total. The summed E-state index contributed by atoms with van der Waals surface area (Å²) in [5, 5.41) is 0. The fourth-order valence-corrected chi connectivity index (χ4v) is 3.43. The second kappa shape index (κ2) is 5.57. The monoisotopic (exact) mass is 310 g/mol. The number of aromatic nitrogens is 1. The molecule has 2 fully saturated rings. The summed E-state index contributed by atoms with van der Waals surface area (Å²) >= 11 is 3.49. The number of anilines is 1. The molecule has 2 aliphatic heterocycles. The van der Waals surface area contributed by atoms with Gasteiger partial charge in [-0.1, -0.05) is 0 Å². The molecular formula is C14H19BrN2O. The maximum absolute atomic E-state index is 5.81. The van der Waals surface area contributed by atoms with Gasteiger partial charge in [0.15, 0.2) is 0 Å². The molecule has 3 heterocycles. The Morgan fingerprint density at radius 3 is 2.72 bits per heavy atom. The summed E-state index contributed by atoms with van der Waals surface area (Å²) in [6.45, 7) is 3.23. The van der Waals surface area contributed by atoms with Crippen molar-refractivity contribution in [1.29, 1.82) is 0 Å². The van der Waals surface area contributed by atoms with E-state index in [-0.39, 0.29) is 0 Å². The van der Waals surface area contributed by atoms with E-state index in [1.165, 1.54) is 31.4 Å². The highest BCUT2D eigenvalue weighted by atomic mass is 79.9. The van der Waals surface area contributed by atoms with Gasteiger partial charge in [0.05, 0.1) is 18.0 Å². The van der Waals surface area contributed by atoms with Crippen molar-refractivity contribution in [3.05, 3.63) is 22.9 Å². The topological polar surface area (TPSA) is 25.4 Å². The molecule has 18 heavy (non-hydrogen) atoms. The van der Waals surface area contributed by atoms with Gasteiger partial charge in [0, 0.05) is 30.4 Å². The van der Waals surface area contributed by atoms with E-state index in [2.05, 4.69) is 31.9 Å². The van der Waals surface area contributed by atoms with Crippen molar-refractivity contribution in [2.24, 2.45) is 5.92 Å². The zero-order chi connectivity index (χ0) is 12.4. The van der Waals surface area contributed by atoms with E-state index in [1.807, 2.05) is 12.4 Å². The van der Waals surface area contributed by atoms with Crippen LogP contribution in [0, 0.1) is 5.92 Å². The quantitative estimate of drug-likeness (QED) is 0.838. The van der Waals surface area contributed by atoms with E-state index in [0.29, 0.717) is 6.10 Å². The summed E-state index contributed by atoms with van der Waals surface area (Å²) < 4.78 is 6.87. The van der Waals surface area contributed by atoms with E-state index in [9.17, 15) is 0 Å². The third-order valence-corrected chi connectivity index (χ3v) is 4.52. The van der Waals surface area contributed by atoms with Crippen LogP contribution in [0.3, 0.4) is 0 Å². The predicted molar refractivity (Wildman–Crippen MR) is 75.8 cm³/mol. The number of pyridine rings is 1. The lowest BCUT2D eigenvalue weighted by Gasteiger charge is -2.35. The Labute approximate surface area is 117 Å². The summed E-state index contributed by atoms with van der Waals surface area (Å²) in [7, 11) is 0. The number of nitrogens with zero attached hydrogens (tertiary/aromatic N) is 2. The van der Waals surface area contributed by atoms with Gasteiger partial charge in [-0.2, -0.15) is 0 Å². The van der Waals surface area contributed by atoms with Crippen molar-refractivity contribution >= 4 is 21.6 Å². The molecule has 1 aromatic heterocycles. The van der Waals surface area contributed by atoms with Crippen molar-refractivity contribution in [2.75, 3.05) is 24.6 Å². The molecule has 0 spiro atoms. The highest BCUT2D eigenvalue weighted by molar-refractivity contribution is 9.10. The predicted octanol–water partition coefficient (Wildman–Crippen LogP) is 3.24. The first kappa shape index (κ1) is 12.4. The van der Waals surface area contributed by atoms with E-state index < -0.39 is 0 Å². The molecule has 1 aromatic rings. The molecular weight excluding hydrogens is 292 g/mol. The molecule has 2 saturated heterocycles. The van der Waals surface area contributed by atoms with E-state index >= 15 is 0 Å². The molecule has 3 rings (SSSR count). The van der Waals surface area contributed by atoms with E-state index in [0.717, 1.165) is 30.1 Å². The fraction of sp³-hybridized carbons (Fsp3) is 0.643. The first-order valence-corrected chi connectivity index (χ1v) is 7.59. The van der Waals surface area contributed by atoms with Crippen LogP contribution in [0.2, 0.25) is 0 Å². The van der Waals surface area contributed by atoms with Gasteiger partial charge >= 0.3 is 0 Å². The van der Waals surface area contributed by atoms with Crippen LogP contribution >= 0.6 is 15.9 Å². The van der Waals surface area contributed by atoms with Crippen LogP contribution < -0.4 is 4.90 Å². The van der Waals surface area contributed by atoms with E-state index in [1.54, 1.807) is 0 Å². The van der Waals surface area contributed by atoms with Gasteiger partial charge in [0.25, 0.3) is 0 Å². The standard InChI is InChI=1S/C14H19BrN2O/c15-12-8-13(10-16-9-12)17-5-3-11(4-6-17)14-2-1-7-18-14/h8-11,14H,1-7H2. The Morgan fingerprint density at radius 1 is 1.22 bits per heavy atom. The van der Waals surface area contributed by atoms with Gasteiger partial charge in [-0.3, -0.25) is 4.98 Å². The van der Waals surface area contributed by atoms with Crippen LogP contribution in [0.5, 0.6) is 0 Å². The minimum absolute atomic E-state index is 0.535. The smallest absolute Gasteiger partial charge is 0.0605 e. The van der Waals surface area contributed by atoms with Crippen molar-refractivity contribution in [1.82, 2.24) is 4.98 Å². The van der Waals surface area contributed by atoms with Gasteiger partial charge in [0.2, 0.25) is 0 Å². The average Bonchev–Trinajstić information content (AvgIpc) is 2.93. The molecule has 0 bridgehead atoms. The molecule has 0 N–H and O–H groups in total. The summed E-state index contributed by atoms with van der Waals surface area (Å²) in [4.78, 5) is 6.68. The number of hydrogen-bond donors (Lipinski definition) is 0. The second-order valence-corrected chi connectivity index (χ2v) is 6.15. The molecule has 4 heteroatoms. The Bertz CT molecular complexity index is 399. The van der Waals surface area contributed by atoms with Crippen molar-refractivity contribution in [3.63, 3.8) is 0 Å². The van der Waals surface area contributed by atoms with Gasteiger partial charge in [-0.15, -0.1) is 0 Å². The zero-order valence-electron chi connectivity index (χ0n) is 10.5. The Balaban J connectivity index is 1.59. The Morgan fingerprint density at radius 2 is 2.06 bits per heavy atom. The summed E-state index contributed by atoms with van der Waals surface area (Å²) in [6, 6.07) is 2.15. The SMILES string of the molecule is Brc1cncc(N2CCC(C3CCCO3)CC2)c1. The van der Waals surface area contributed by atoms with Crippen LogP contribution in [-0.4, -0.2) is 30.8 Å². The molecule has 0 radical (unpaired) electrons. The average molecular weight is 311 g/mol. The first-order valence-electron chi connectivity index (χ1n) is 6.80. The van der Waals surface area contributed by atoms with Crippen LogP contribution in [-0.2, 0) is 4.74 Å². The summed E-state index contributed by atoms with van der Waals surface area (Å²) in [6.07, 6.45) is 9.34. The van der Waals surface area contributed by atoms with E-state index in [4.69, 9.17) is 4.74 Å². The molecule has 0 saturated carbocycles. The minimum atomic E-state index is 0.535. The number of rotatable bonds is 2. The number of halogens is 1. The maximum Gasteiger partial charge on any atom is 0.0605 e. The third-order valence-electron chi connectivity index (χ3n) is 4.09. The maximum atomic E-state index is 5.81. The molecule has 0 amide bonds. The Hall–Kier alpha value is -0.610. The highest BCUT2D eigenvalue weighted by Crippen LogP contribution is 2.31. The lowest BCUT2D eigenvalue weighted by Crippen LogP contribution is -2.37.